The molecule has 2 aromatic heterocycles. The van der Waals surface area contributed by atoms with Crippen LogP contribution in [0.3, 0.4) is 0 Å². The van der Waals surface area contributed by atoms with Gasteiger partial charge in [-0.2, -0.15) is 0 Å². The summed E-state index contributed by atoms with van der Waals surface area (Å²) in [6.45, 7) is 2.04. The summed E-state index contributed by atoms with van der Waals surface area (Å²) in [6, 6.07) is 12.7. The molecule has 3 rings (SSSR count). The van der Waals surface area contributed by atoms with Crippen molar-refractivity contribution in [3.8, 4) is 0 Å². The molecule has 1 aromatic carbocycles. The molecule has 0 saturated heterocycles. The van der Waals surface area contributed by atoms with Gasteiger partial charge in [0.1, 0.15) is 0 Å². The van der Waals surface area contributed by atoms with Crippen molar-refractivity contribution in [1.82, 2.24) is 15.3 Å². The minimum Gasteiger partial charge on any atom is -0.312 e. The maximum absolute atomic E-state index is 4.74. The van der Waals surface area contributed by atoms with Gasteiger partial charge in [-0.15, -0.1) is 11.3 Å². The summed E-state index contributed by atoms with van der Waals surface area (Å²) in [5.74, 6) is 0. The number of nitrogens with one attached hydrogen (secondary N) is 1. The smallest absolute Gasteiger partial charge is 0.0897 e. The van der Waals surface area contributed by atoms with Crippen LogP contribution in [0, 0.1) is 6.92 Å². The number of benzene rings is 1. The van der Waals surface area contributed by atoms with Crippen molar-refractivity contribution in [2.45, 2.75) is 19.4 Å². The molecule has 0 aliphatic heterocycles. The summed E-state index contributed by atoms with van der Waals surface area (Å²) >= 11 is 1.74. The lowest BCUT2D eigenvalue weighted by Gasteiger charge is -2.13. The Hall–Kier alpha value is -1.78. The van der Waals surface area contributed by atoms with Crippen LogP contribution >= 0.6 is 11.3 Å². The lowest BCUT2D eigenvalue weighted by molar-refractivity contribution is 0.594. The largest absolute Gasteiger partial charge is 0.312 e. The van der Waals surface area contributed by atoms with Gasteiger partial charge in [0, 0.05) is 34.6 Å². The molecule has 0 spiro atoms. The van der Waals surface area contributed by atoms with Crippen molar-refractivity contribution in [1.29, 1.82) is 0 Å². The van der Waals surface area contributed by atoms with Crippen molar-refractivity contribution in [2.75, 3.05) is 7.05 Å². The molecular weight excluding hydrogens is 266 g/mol. The summed E-state index contributed by atoms with van der Waals surface area (Å²) < 4.78 is 0. The number of fused-ring (bicyclic) bond motifs is 1. The maximum Gasteiger partial charge on any atom is 0.0897 e. The van der Waals surface area contributed by atoms with Crippen molar-refractivity contribution >= 4 is 22.2 Å². The number of pyridine rings is 1. The van der Waals surface area contributed by atoms with Gasteiger partial charge < -0.3 is 5.32 Å². The molecule has 1 unspecified atom stereocenters. The summed E-state index contributed by atoms with van der Waals surface area (Å²) in [5, 5.41) is 5.65. The van der Waals surface area contributed by atoms with E-state index >= 15 is 0 Å². The van der Waals surface area contributed by atoms with Crippen LogP contribution in [0.2, 0.25) is 0 Å². The number of aryl methyl sites for hydroxylation is 1. The molecule has 0 bridgehead atoms. The van der Waals surface area contributed by atoms with Gasteiger partial charge in [-0.1, -0.05) is 24.3 Å². The highest BCUT2D eigenvalue weighted by Crippen LogP contribution is 2.24. The van der Waals surface area contributed by atoms with Crippen molar-refractivity contribution in [3.63, 3.8) is 0 Å². The quantitative estimate of drug-likeness (QED) is 0.796. The molecule has 0 fully saturated rings. The van der Waals surface area contributed by atoms with E-state index in [-0.39, 0.29) is 6.04 Å². The Morgan fingerprint density at radius 2 is 2.05 bits per heavy atom. The number of para-hydroxylation sites is 1. The van der Waals surface area contributed by atoms with Crippen LogP contribution in [0.4, 0.5) is 0 Å². The number of hydrogen-bond donors (Lipinski definition) is 1. The van der Waals surface area contributed by atoms with E-state index in [1.54, 1.807) is 11.3 Å². The van der Waals surface area contributed by atoms with E-state index in [0.29, 0.717) is 0 Å². The third kappa shape index (κ3) is 2.71. The Labute approximate surface area is 122 Å². The fourth-order valence-electron chi connectivity index (χ4n) is 2.31. The normalized spacial score (nSPS) is 12.7. The minimum atomic E-state index is 0.273. The molecule has 4 heteroatoms. The Kier molecular flexibility index (Phi) is 3.76. The molecule has 3 aromatic rings. The van der Waals surface area contributed by atoms with Crippen LogP contribution in [0.5, 0.6) is 0 Å². The molecule has 1 N–H and O–H groups in total. The molecule has 102 valence electrons. The molecule has 0 aliphatic rings. The van der Waals surface area contributed by atoms with E-state index in [1.807, 2.05) is 32.3 Å². The van der Waals surface area contributed by atoms with E-state index in [2.05, 4.69) is 34.6 Å². The number of rotatable bonds is 4. The zero-order chi connectivity index (χ0) is 13.9. The van der Waals surface area contributed by atoms with Crippen LogP contribution in [-0.2, 0) is 6.42 Å². The van der Waals surface area contributed by atoms with Crippen molar-refractivity contribution in [2.24, 2.45) is 0 Å². The fourth-order valence-corrected chi connectivity index (χ4v) is 3.21. The minimum absolute atomic E-state index is 0.273. The van der Waals surface area contributed by atoms with Gasteiger partial charge in [0.2, 0.25) is 0 Å². The average Bonchev–Trinajstić information content (AvgIpc) is 2.91. The van der Waals surface area contributed by atoms with Gasteiger partial charge in [0.15, 0.2) is 0 Å². The topological polar surface area (TPSA) is 37.8 Å². The third-order valence-electron chi connectivity index (χ3n) is 3.40. The number of thiazole rings is 1. The van der Waals surface area contributed by atoms with Gasteiger partial charge in [-0.05, 0) is 26.1 Å². The summed E-state index contributed by atoms with van der Waals surface area (Å²) in [7, 11) is 1.99. The standard InChI is InChI=1S/C16H17N3S/c1-11-18-10-16(20-11)15(17-2)9-13-8-7-12-5-3-4-6-14(12)19-13/h3-8,10,15,17H,9H2,1-2H3. The molecule has 2 heterocycles. The molecular formula is C16H17N3S. The highest BCUT2D eigenvalue weighted by molar-refractivity contribution is 7.11. The Balaban J connectivity index is 1.87. The van der Waals surface area contributed by atoms with E-state index in [0.717, 1.165) is 22.6 Å². The molecule has 0 amide bonds. The molecule has 1 atom stereocenters. The number of likely N-dealkylation sites (N-methyl/N-ethyl adjacent to an activating group) is 1. The first-order valence-corrected chi connectivity index (χ1v) is 7.52. The molecule has 0 saturated carbocycles. The van der Waals surface area contributed by atoms with Crippen LogP contribution in [0.25, 0.3) is 10.9 Å². The van der Waals surface area contributed by atoms with Gasteiger partial charge in [-0.25, -0.2) is 4.98 Å². The second-order valence-electron chi connectivity index (χ2n) is 4.82. The summed E-state index contributed by atoms with van der Waals surface area (Å²) in [4.78, 5) is 10.3. The summed E-state index contributed by atoms with van der Waals surface area (Å²) in [5.41, 5.74) is 2.16. The number of hydrogen-bond acceptors (Lipinski definition) is 4. The number of aromatic nitrogens is 2. The van der Waals surface area contributed by atoms with Crippen molar-refractivity contribution < 1.29 is 0 Å². The van der Waals surface area contributed by atoms with E-state index < -0.39 is 0 Å². The first kappa shape index (κ1) is 13.2. The van der Waals surface area contributed by atoms with E-state index in [4.69, 9.17) is 4.98 Å². The Morgan fingerprint density at radius 3 is 2.80 bits per heavy atom. The lowest BCUT2D eigenvalue weighted by Crippen LogP contribution is -2.18. The Bertz CT molecular complexity index is 720. The molecule has 20 heavy (non-hydrogen) atoms. The van der Waals surface area contributed by atoms with Crippen LogP contribution in [0.1, 0.15) is 21.6 Å². The first-order chi connectivity index (χ1) is 9.76. The first-order valence-electron chi connectivity index (χ1n) is 6.70. The average molecular weight is 283 g/mol. The van der Waals surface area contributed by atoms with Gasteiger partial charge in [-0.3, -0.25) is 4.98 Å². The fraction of sp³-hybridized carbons (Fsp3) is 0.250. The van der Waals surface area contributed by atoms with Crippen LogP contribution < -0.4 is 5.32 Å². The SMILES string of the molecule is CNC(Cc1ccc2ccccc2n1)c1cnc(C)s1. The van der Waals surface area contributed by atoms with Gasteiger partial charge in [0.05, 0.1) is 10.5 Å². The van der Waals surface area contributed by atoms with Gasteiger partial charge in [0.25, 0.3) is 0 Å². The van der Waals surface area contributed by atoms with Crippen LogP contribution in [0.15, 0.2) is 42.6 Å². The second kappa shape index (κ2) is 5.69. The highest BCUT2D eigenvalue weighted by Gasteiger charge is 2.13. The summed E-state index contributed by atoms with van der Waals surface area (Å²) in [6.07, 6.45) is 2.84. The predicted octanol–water partition coefficient (Wildman–Crippen LogP) is 3.50. The van der Waals surface area contributed by atoms with Gasteiger partial charge >= 0.3 is 0 Å². The van der Waals surface area contributed by atoms with Crippen molar-refractivity contribution in [3.05, 3.63) is 58.2 Å². The molecule has 0 aliphatic carbocycles. The van der Waals surface area contributed by atoms with E-state index in [1.165, 1.54) is 10.3 Å². The molecule has 0 radical (unpaired) electrons. The predicted molar refractivity (Wildman–Crippen MR) is 84.1 cm³/mol. The number of nitrogens with zero attached hydrogens (tertiary/aromatic N) is 2. The second-order valence-corrected chi connectivity index (χ2v) is 6.09. The highest BCUT2D eigenvalue weighted by atomic mass is 32.1. The van der Waals surface area contributed by atoms with E-state index in [9.17, 15) is 0 Å². The zero-order valence-electron chi connectivity index (χ0n) is 11.6. The monoisotopic (exact) mass is 283 g/mol. The Morgan fingerprint density at radius 1 is 1.20 bits per heavy atom. The zero-order valence-corrected chi connectivity index (χ0v) is 12.4. The molecule has 3 nitrogen and oxygen atoms in total. The third-order valence-corrected chi connectivity index (χ3v) is 4.43. The van der Waals surface area contributed by atoms with Crippen LogP contribution in [-0.4, -0.2) is 17.0 Å². The maximum atomic E-state index is 4.74. The lowest BCUT2D eigenvalue weighted by atomic mass is 10.1.